The van der Waals surface area contributed by atoms with Crippen LogP contribution in [0, 0.1) is 5.82 Å². The van der Waals surface area contributed by atoms with E-state index in [2.05, 4.69) is 4.89 Å². The van der Waals surface area contributed by atoms with Crippen LogP contribution in [0.3, 0.4) is 0 Å². The zero-order valence-electron chi connectivity index (χ0n) is 5.25. The maximum Gasteiger partial charge on any atom is 0.123 e. The van der Waals surface area contributed by atoms with Crippen LogP contribution in [0.15, 0.2) is 24.3 Å². The van der Waals surface area contributed by atoms with Gasteiger partial charge >= 0.3 is 0 Å². The average Bonchev–Trinajstić information content (AvgIpc) is 1.95. The second-order valence-electron chi connectivity index (χ2n) is 1.90. The van der Waals surface area contributed by atoms with Crippen molar-refractivity contribution in [1.29, 1.82) is 0 Å². The Morgan fingerprint density at radius 1 is 1.30 bits per heavy atom. The van der Waals surface area contributed by atoms with Crippen LogP contribution >= 0.6 is 0 Å². The minimum absolute atomic E-state index is 0.0975. The molecular weight excluding hydrogens is 134 g/mol. The third-order valence-electron chi connectivity index (χ3n) is 1.14. The summed E-state index contributed by atoms with van der Waals surface area (Å²) in [6, 6.07) is 5.72. The fourth-order valence-electron chi connectivity index (χ4n) is 0.655. The highest BCUT2D eigenvalue weighted by atomic mass is 18.2. The zero-order chi connectivity index (χ0) is 7.40. The fraction of sp³-hybridized carbons (Fsp3) is 0.143. The van der Waals surface area contributed by atoms with Crippen LogP contribution in [0.5, 0.6) is 0 Å². The minimum Gasteiger partial charge on any atom is -0.251 e. The molecule has 0 radical (unpaired) electrons. The predicted molar refractivity (Wildman–Crippen MR) is 33.8 cm³/mol. The maximum atomic E-state index is 12.2. The van der Waals surface area contributed by atoms with Gasteiger partial charge in [0.2, 0.25) is 0 Å². The molecule has 3 heteroatoms. The van der Waals surface area contributed by atoms with E-state index in [1.807, 2.05) is 0 Å². The van der Waals surface area contributed by atoms with Crippen LogP contribution < -0.4 is 0 Å². The van der Waals surface area contributed by atoms with Gasteiger partial charge in [0.05, 0.1) is 0 Å². The highest BCUT2D eigenvalue weighted by Gasteiger charge is 1.91. The average molecular weight is 141 g/mol. The van der Waals surface area contributed by atoms with Crippen LogP contribution in [0.25, 0.3) is 0 Å². The summed E-state index contributed by atoms with van der Waals surface area (Å²) in [4.78, 5) is 3.85. The number of benzene rings is 1. The van der Waals surface area contributed by atoms with E-state index in [-0.39, 0.29) is 12.4 Å². The van der Waals surface area contributed by atoms with Crippen LogP contribution in [-0.2, 0) is 11.5 Å². The van der Waals surface area contributed by atoms with Gasteiger partial charge in [0.25, 0.3) is 0 Å². The Bertz CT molecular complexity index is 195. The molecule has 0 amide bonds. The SMILES string of the molecule is OOCc1ccc([18F])cc1. The Kier molecular flexibility index (Phi) is 2.36. The lowest BCUT2D eigenvalue weighted by molar-refractivity contribution is -0.253. The molecule has 0 fully saturated rings. The summed E-state index contributed by atoms with van der Waals surface area (Å²) < 4.78 is 12.2. The van der Waals surface area contributed by atoms with E-state index in [9.17, 15) is 4.39 Å². The van der Waals surface area contributed by atoms with Crippen molar-refractivity contribution >= 4 is 0 Å². The summed E-state index contributed by atoms with van der Waals surface area (Å²) in [6.45, 7) is 0.0975. The molecule has 1 aromatic carbocycles. The predicted octanol–water partition coefficient (Wildman–Crippen LogP) is 1.82. The maximum absolute atomic E-state index is 12.2. The van der Waals surface area contributed by atoms with Crippen LogP contribution in [0.1, 0.15) is 5.56 Å². The van der Waals surface area contributed by atoms with Crippen molar-refractivity contribution < 1.29 is 14.5 Å². The van der Waals surface area contributed by atoms with Gasteiger partial charge in [-0.3, -0.25) is 5.26 Å². The van der Waals surface area contributed by atoms with Crippen molar-refractivity contribution in [3.05, 3.63) is 35.6 Å². The lowest BCUT2D eigenvalue weighted by atomic mass is 10.2. The molecule has 10 heavy (non-hydrogen) atoms. The fourth-order valence-corrected chi connectivity index (χ4v) is 0.655. The molecule has 2 nitrogen and oxygen atoms in total. The second-order valence-corrected chi connectivity index (χ2v) is 1.90. The summed E-state index contributed by atoms with van der Waals surface area (Å²) in [6.07, 6.45) is 0. The Balaban J connectivity index is 2.69. The van der Waals surface area contributed by atoms with Gasteiger partial charge in [0.15, 0.2) is 0 Å². The molecular formula is C7H7FO2. The van der Waals surface area contributed by atoms with Crippen molar-refractivity contribution in [2.24, 2.45) is 0 Å². The number of hydrogen-bond donors (Lipinski definition) is 1. The van der Waals surface area contributed by atoms with Gasteiger partial charge in [-0.2, -0.15) is 0 Å². The quantitative estimate of drug-likeness (QED) is 0.502. The zero-order valence-corrected chi connectivity index (χ0v) is 5.25. The second kappa shape index (κ2) is 3.29. The van der Waals surface area contributed by atoms with E-state index < -0.39 is 0 Å². The highest BCUT2D eigenvalue weighted by Crippen LogP contribution is 2.02. The molecule has 1 aromatic rings. The number of hydrogen-bond acceptors (Lipinski definition) is 2. The van der Waals surface area contributed by atoms with E-state index in [0.717, 1.165) is 5.56 Å². The standard InChI is InChI=1S/C7H7FO2/c8-7-3-1-6(2-4-7)5-10-9/h1-4,9H,5H2/i8-1. The highest BCUT2D eigenvalue weighted by molar-refractivity contribution is 5.14. The monoisotopic (exact) mass is 141 g/mol. The lowest BCUT2D eigenvalue weighted by Gasteiger charge is -1.95. The molecule has 0 heterocycles. The molecule has 0 aliphatic heterocycles. The summed E-state index contributed by atoms with van der Waals surface area (Å²) in [5, 5.41) is 8.00. The first-order valence-corrected chi connectivity index (χ1v) is 2.84. The van der Waals surface area contributed by atoms with Gasteiger partial charge in [0, 0.05) is 0 Å². The first-order chi connectivity index (χ1) is 4.83. The van der Waals surface area contributed by atoms with Crippen molar-refractivity contribution in [2.75, 3.05) is 0 Å². The summed E-state index contributed by atoms with van der Waals surface area (Å²) >= 11 is 0. The van der Waals surface area contributed by atoms with Crippen LogP contribution in [-0.4, -0.2) is 5.26 Å². The molecule has 0 aliphatic carbocycles. The van der Waals surface area contributed by atoms with E-state index >= 15 is 0 Å². The van der Waals surface area contributed by atoms with Crippen LogP contribution in [0.4, 0.5) is 4.39 Å². The molecule has 0 aliphatic rings. The smallest absolute Gasteiger partial charge is 0.123 e. The van der Waals surface area contributed by atoms with Crippen LogP contribution in [0.2, 0.25) is 0 Å². The first-order valence-electron chi connectivity index (χ1n) is 2.84. The third kappa shape index (κ3) is 1.79. The largest absolute Gasteiger partial charge is 0.251 e. The molecule has 54 valence electrons. The molecule has 0 saturated carbocycles. The van der Waals surface area contributed by atoms with Crippen molar-refractivity contribution in [3.63, 3.8) is 0 Å². The Morgan fingerprint density at radius 2 is 1.90 bits per heavy atom. The number of halogens is 1. The first kappa shape index (κ1) is 7.18. The summed E-state index contributed by atoms with van der Waals surface area (Å²) in [5.41, 5.74) is 0.740. The molecule has 0 unspecified atom stereocenters. The Hall–Kier alpha value is -0.930. The summed E-state index contributed by atoms with van der Waals surface area (Å²) in [7, 11) is 0. The minimum atomic E-state index is -0.290. The van der Waals surface area contributed by atoms with E-state index in [1.165, 1.54) is 12.1 Å². The molecule has 0 spiro atoms. The molecule has 1 rings (SSSR count). The van der Waals surface area contributed by atoms with Crippen molar-refractivity contribution in [1.82, 2.24) is 0 Å². The Morgan fingerprint density at radius 3 is 2.40 bits per heavy atom. The lowest BCUT2D eigenvalue weighted by Crippen LogP contribution is -1.86. The third-order valence-corrected chi connectivity index (χ3v) is 1.14. The van der Waals surface area contributed by atoms with E-state index in [4.69, 9.17) is 5.26 Å². The molecule has 1 N–H and O–H groups in total. The normalized spacial score (nSPS) is 9.80. The molecule has 0 saturated heterocycles. The van der Waals surface area contributed by atoms with Crippen molar-refractivity contribution in [2.45, 2.75) is 6.61 Å². The van der Waals surface area contributed by atoms with Gasteiger partial charge in [-0.05, 0) is 17.7 Å². The van der Waals surface area contributed by atoms with Gasteiger partial charge in [0.1, 0.15) is 12.4 Å². The van der Waals surface area contributed by atoms with Gasteiger partial charge in [-0.25, -0.2) is 9.28 Å². The Labute approximate surface area is 57.8 Å². The van der Waals surface area contributed by atoms with E-state index in [0.29, 0.717) is 0 Å². The topological polar surface area (TPSA) is 29.5 Å². The van der Waals surface area contributed by atoms with Gasteiger partial charge in [-0.1, -0.05) is 12.1 Å². The van der Waals surface area contributed by atoms with E-state index in [1.54, 1.807) is 12.1 Å². The number of rotatable bonds is 2. The van der Waals surface area contributed by atoms with Crippen molar-refractivity contribution in [3.8, 4) is 0 Å². The molecule has 0 aromatic heterocycles. The summed E-state index contributed by atoms with van der Waals surface area (Å²) in [5.74, 6) is -0.290. The van der Waals surface area contributed by atoms with Gasteiger partial charge < -0.3 is 0 Å². The molecule has 0 atom stereocenters. The molecule has 0 bridgehead atoms. The van der Waals surface area contributed by atoms with Gasteiger partial charge in [-0.15, -0.1) is 0 Å².